The van der Waals surface area contributed by atoms with Gasteiger partial charge in [-0.1, -0.05) is 20.8 Å². The van der Waals surface area contributed by atoms with Crippen LogP contribution in [0.4, 0.5) is 0 Å². The van der Waals surface area contributed by atoms with E-state index < -0.39 is 0 Å². The summed E-state index contributed by atoms with van der Waals surface area (Å²) in [5.74, 6) is 0.951. The van der Waals surface area contributed by atoms with E-state index in [1.165, 1.54) is 38.8 Å². The lowest BCUT2D eigenvalue weighted by Crippen LogP contribution is -2.22. The summed E-state index contributed by atoms with van der Waals surface area (Å²) in [5.41, 5.74) is 0.624. The van der Waals surface area contributed by atoms with Gasteiger partial charge in [0.15, 0.2) is 0 Å². The van der Waals surface area contributed by atoms with Gasteiger partial charge in [-0.15, -0.1) is 0 Å². The second-order valence-corrected chi connectivity index (χ2v) is 4.98. The Balaban J connectivity index is 2.11. The van der Waals surface area contributed by atoms with Crippen LogP contribution in [0.1, 0.15) is 46.5 Å². The van der Waals surface area contributed by atoms with Gasteiger partial charge in [0.05, 0.1) is 0 Å². The van der Waals surface area contributed by atoms with Gasteiger partial charge in [-0.05, 0) is 50.1 Å². The minimum atomic E-state index is 0.624. The van der Waals surface area contributed by atoms with Gasteiger partial charge in [0.2, 0.25) is 0 Å². The van der Waals surface area contributed by atoms with Gasteiger partial charge < -0.3 is 5.32 Å². The maximum Gasteiger partial charge on any atom is -0.00203 e. The average Bonchev–Trinajstić information content (AvgIpc) is 2.31. The molecule has 1 atom stereocenters. The lowest BCUT2D eigenvalue weighted by Gasteiger charge is -2.17. The number of hydrogen-bond donors (Lipinski definition) is 1. The molecule has 0 saturated heterocycles. The molecule has 0 bridgehead atoms. The smallest absolute Gasteiger partial charge is 0.00203 e. The topological polar surface area (TPSA) is 12.0 Å². The lowest BCUT2D eigenvalue weighted by molar-refractivity contribution is 0.355. The quantitative estimate of drug-likeness (QED) is 0.638. The van der Waals surface area contributed by atoms with Gasteiger partial charge in [0.1, 0.15) is 0 Å². The normalized spacial score (nSPS) is 27.8. The number of hydrogen-bond acceptors (Lipinski definition) is 1. The molecule has 0 aromatic heterocycles. The molecule has 1 rings (SSSR count). The monoisotopic (exact) mass is 169 g/mol. The number of rotatable bonds is 4. The minimum Gasteiger partial charge on any atom is -0.316 e. The van der Waals surface area contributed by atoms with Crippen molar-refractivity contribution in [2.45, 2.75) is 46.5 Å². The summed E-state index contributed by atoms with van der Waals surface area (Å²) in [5, 5.41) is 3.51. The molecule has 1 nitrogen and oxygen atoms in total. The van der Waals surface area contributed by atoms with E-state index >= 15 is 0 Å². The molecule has 0 heterocycles. The second-order valence-electron chi connectivity index (χ2n) is 4.98. The summed E-state index contributed by atoms with van der Waals surface area (Å²) in [6.45, 7) is 9.46. The molecule has 0 spiro atoms. The molecule has 0 aromatic rings. The number of nitrogens with one attached hydrogen (secondary N) is 1. The van der Waals surface area contributed by atoms with Crippen molar-refractivity contribution in [3.8, 4) is 0 Å². The van der Waals surface area contributed by atoms with Crippen LogP contribution in [0.2, 0.25) is 0 Å². The van der Waals surface area contributed by atoms with E-state index in [1.54, 1.807) is 0 Å². The Morgan fingerprint density at radius 3 is 2.67 bits per heavy atom. The molecule has 1 aliphatic carbocycles. The van der Waals surface area contributed by atoms with E-state index in [4.69, 9.17) is 0 Å². The molecular weight excluding hydrogens is 146 g/mol. The molecule has 1 aliphatic rings. The fraction of sp³-hybridized carbons (Fsp3) is 1.00. The summed E-state index contributed by atoms with van der Waals surface area (Å²) >= 11 is 0. The summed E-state index contributed by atoms with van der Waals surface area (Å²) in [4.78, 5) is 0. The van der Waals surface area contributed by atoms with Gasteiger partial charge in [0, 0.05) is 0 Å². The molecule has 12 heavy (non-hydrogen) atoms. The van der Waals surface area contributed by atoms with E-state index in [0.717, 1.165) is 5.92 Å². The zero-order chi connectivity index (χ0) is 9.03. The molecule has 1 saturated carbocycles. The largest absolute Gasteiger partial charge is 0.316 e. The predicted molar refractivity (Wildman–Crippen MR) is 54.3 cm³/mol. The first-order chi connectivity index (χ1) is 5.64. The SMILES string of the molecule is CCCNCC1CCC(C)(C)C1. The maximum atomic E-state index is 3.51. The summed E-state index contributed by atoms with van der Waals surface area (Å²) < 4.78 is 0. The summed E-state index contributed by atoms with van der Waals surface area (Å²) in [6.07, 6.45) is 5.54. The molecule has 72 valence electrons. The molecule has 1 unspecified atom stereocenters. The zero-order valence-corrected chi connectivity index (χ0v) is 8.82. The standard InChI is InChI=1S/C11H23N/c1-4-7-12-9-10-5-6-11(2,3)8-10/h10,12H,4-9H2,1-3H3. The van der Waals surface area contributed by atoms with Crippen molar-refractivity contribution >= 4 is 0 Å². The van der Waals surface area contributed by atoms with Crippen molar-refractivity contribution in [1.29, 1.82) is 0 Å². The van der Waals surface area contributed by atoms with Crippen molar-refractivity contribution in [1.82, 2.24) is 5.32 Å². The molecule has 0 amide bonds. The first-order valence-corrected chi connectivity index (χ1v) is 5.35. The van der Waals surface area contributed by atoms with E-state index in [1.807, 2.05) is 0 Å². The van der Waals surface area contributed by atoms with Crippen molar-refractivity contribution in [3.05, 3.63) is 0 Å². The highest BCUT2D eigenvalue weighted by atomic mass is 14.9. The third kappa shape index (κ3) is 3.14. The van der Waals surface area contributed by atoms with Crippen molar-refractivity contribution in [2.24, 2.45) is 11.3 Å². The Kier molecular flexibility index (Phi) is 3.57. The highest BCUT2D eigenvalue weighted by Crippen LogP contribution is 2.40. The van der Waals surface area contributed by atoms with Crippen LogP contribution < -0.4 is 5.32 Å². The van der Waals surface area contributed by atoms with Gasteiger partial charge >= 0.3 is 0 Å². The van der Waals surface area contributed by atoms with Crippen LogP contribution in [0.15, 0.2) is 0 Å². The maximum absolute atomic E-state index is 3.51. The van der Waals surface area contributed by atoms with E-state index in [2.05, 4.69) is 26.1 Å². The Morgan fingerprint density at radius 2 is 2.17 bits per heavy atom. The van der Waals surface area contributed by atoms with Gasteiger partial charge in [0.25, 0.3) is 0 Å². The van der Waals surface area contributed by atoms with Crippen LogP contribution in [0.5, 0.6) is 0 Å². The third-order valence-electron chi connectivity index (χ3n) is 2.93. The van der Waals surface area contributed by atoms with Crippen LogP contribution in [0, 0.1) is 11.3 Å². The van der Waals surface area contributed by atoms with Crippen LogP contribution in [0.3, 0.4) is 0 Å². The second kappa shape index (κ2) is 4.27. The first kappa shape index (κ1) is 10.0. The third-order valence-corrected chi connectivity index (χ3v) is 2.93. The molecule has 1 fully saturated rings. The van der Waals surface area contributed by atoms with Crippen LogP contribution in [0.25, 0.3) is 0 Å². The van der Waals surface area contributed by atoms with E-state index in [-0.39, 0.29) is 0 Å². The van der Waals surface area contributed by atoms with Crippen LogP contribution in [-0.4, -0.2) is 13.1 Å². The van der Waals surface area contributed by atoms with Gasteiger partial charge in [-0.3, -0.25) is 0 Å². The Labute approximate surface area is 76.9 Å². The lowest BCUT2D eigenvalue weighted by atomic mass is 9.90. The highest BCUT2D eigenvalue weighted by molar-refractivity contribution is 4.82. The molecule has 1 N–H and O–H groups in total. The van der Waals surface area contributed by atoms with Crippen LogP contribution >= 0.6 is 0 Å². The summed E-state index contributed by atoms with van der Waals surface area (Å²) in [7, 11) is 0. The Bertz CT molecular complexity index is 129. The molecular formula is C11H23N. The average molecular weight is 169 g/mol. The van der Waals surface area contributed by atoms with E-state index in [0.29, 0.717) is 5.41 Å². The molecule has 1 heteroatoms. The molecule has 0 aliphatic heterocycles. The molecule has 0 aromatic carbocycles. The molecule has 0 radical (unpaired) electrons. The van der Waals surface area contributed by atoms with Crippen molar-refractivity contribution < 1.29 is 0 Å². The Morgan fingerprint density at radius 1 is 1.42 bits per heavy atom. The zero-order valence-electron chi connectivity index (χ0n) is 8.82. The summed E-state index contributed by atoms with van der Waals surface area (Å²) in [6, 6.07) is 0. The van der Waals surface area contributed by atoms with Gasteiger partial charge in [-0.2, -0.15) is 0 Å². The highest BCUT2D eigenvalue weighted by Gasteiger charge is 2.30. The van der Waals surface area contributed by atoms with Crippen LogP contribution in [-0.2, 0) is 0 Å². The Hall–Kier alpha value is -0.0400. The minimum absolute atomic E-state index is 0.624. The fourth-order valence-corrected chi connectivity index (χ4v) is 2.24. The van der Waals surface area contributed by atoms with Crippen molar-refractivity contribution in [3.63, 3.8) is 0 Å². The fourth-order valence-electron chi connectivity index (χ4n) is 2.24. The van der Waals surface area contributed by atoms with Crippen molar-refractivity contribution in [2.75, 3.05) is 13.1 Å². The first-order valence-electron chi connectivity index (χ1n) is 5.35. The predicted octanol–water partition coefficient (Wildman–Crippen LogP) is 2.81. The van der Waals surface area contributed by atoms with E-state index in [9.17, 15) is 0 Å². The van der Waals surface area contributed by atoms with Gasteiger partial charge in [-0.25, -0.2) is 0 Å².